The zero-order chi connectivity index (χ0) is 16.9. The Labute approximate surface area is 135 Å². The van der Waals surface area contributed by atoms with Gasteiger partial charge in [0, 0.05) is 5.69 Å². The number of esters is 1. The van der Waals surface area contributed by atoms with Gasteiger partial charge in [0.15, 0.2) is 6.61 Å². The Morgan fingerprint density at radius 2 is 2.05 bits per heavy atom. The van der Waals surface area contributed by atoms with Gasteiger partial charge in [-0.3, -0.25) is 0 Å². The summed E-state index contributed by atoms with van der Waals surface area (Å²) in [6.45, 7) is 1.86. The maximum absolute atomic E-state index is 12.0. The lowest BCUT2D eigenvalue weighted by Crippen LogP contribution is -2.21. The summed E-state index contributed by atoms with van der Waals surface area (Å²) in [5, 5.41) is 2.72. The van der Waals surface area contributed by atoms with Crippen LogP contribution in [0.1, 0.15) is 24.2 Å². The first-order chi connectivity index (χ1) is 10.1. The van der Waals surface area contributed by atoms with Crippen LogP contribution in [0.25, 0.3) is 0 Å². The first-order valence-electron chi connectivity index (χ1n) is 6.09. The van der Waals surface area contributed by atoms with Crippen LogP contribution in [-0.4, -0.2) is 30.0 Å². The van der Waals surface area contributed by atoms with E-state index in [1.165, 1.54) is 18.2 Å². The molecule has 0 heterocycles. The lowest BCUT2D eigenvalue weighted by atomic mass is 10.2. The van der Waals surface area contributed by atoms with Crippen LogP contribution in [0.2, 0.25) is 5.02 Å². The van der Waals surface area contributed by atoms with Crippen molar-refractivity contribution in [2.75, 3.05) is 11.9 Å². The van der Waals surface area contributed by atoms with Crippen LogP contribution in [0, 0.1) is 0 Å². The highest BCUT2D eigenvalue weighted by atomic mass is 35.5. The van der Waals surface area contributed by atoms with Crippen LogP contribution < -0.4 is 5.32 Å². The number of alkyl halides is 3. The molecule has 1 aromatic carbocycles. The monoisotopic (exact) mass is 355 g/mol. The Morgan fingerprint density at radius 3 is 2.59 bits per heavy atom. The molecule has 1 N–H and O–H groups in total. The van der Waals surface area contributed by atoms with Crippen molar-refractivity contribution in [3.8, 4) is 0 Å². The second kappa shape index (κ2) is 7.64. The van der Waals surface area contributed by atoms with E-state index in [1.807, 2.05) is 0 Å². The van der Waals surface area contributed by atoms with Gasteiger partial charge in [0.05, 0.1) is 16.7 Å². The van der Waals surface area contributed by atoms with Gasteiger partial charge in [-0.25, -0.2) is 4.79 Å². The van der Waals surface area contributed by atoms with Crippen molar-refractivity contribution in [1.29, 1.82) is 0 Å². The summed E-state index contributed by atoms with van der Waals surface area (Å²) in [5.41, 5.74) is 0.136. The summed E-state index contributed by atoms with van der Waals surface area (Å²) in [6, 6.07) is 4.07. The molecule has 1 rings (SSSR count). The second-order valence-electron chi connectivity index (χ2n) is 4.46. The summed E-state index contributed by atoms with van der Waals surface area (Å²) >= 11 is 10.7. The molecule has 0 aliphatic rings. The van der Waals surface area contributed by atoms with Gasteiger partial charge in [0.1, 0.15) is 0 Å². The third kappa shape index (κ3) is 6.48. The molecule has 0 bridgehead atoms. The number of thiocarbonyl (C=S) groups is 1. The number of hydrogen-bond donors (Lipinski definition) is 1. The summed E-state index contributed by atoms with van der Waals surface area (Å²) in [6.07, 6.45) is -4.76. The Morgan fingerprint density at radius 1 is 1.41 bits per heavy atom. The van der Waals surface area contributed by atoms with Crippen LogP contribution in [0.15, 0.2) is 18.2 Å². The molecule has 0 fully saturated rings. The van der Waals surface area contributed by atoms with Gasteiger partial charge in [-0.05, 0) is 44.3 Å². The highest BCUT2D eigenvalue weighted by Gasteiger charge is 2.30. The van der Waals surface area contributed by atoms with E-state index in [9.17, 15) is 18.0 Å². The number of anilines is 1. The van der Waals surface area contributed by atoms with Gasteiger partial charge in [-0.1, -0.05) is 11.6 Å². The third-order valence-corrected chi connectivity index (χ3v) is 2.67. The highest BCUT2D eigenvalue weighted by Crippen LogP contribution is 2.23. The molecule has 9 heteroatoms. The van der Waals surface area contributed by atoms with Gasteiger partial charge >= 0.3 is 12.1 Å². The van der Waals surface area contributed by atoms with Crippen molar-refractivity contribution < 1.29 is 27.4 Å². The molecule has 0 aliphatic heterocycles. The number of hydrogen-bond acceptors (Lipinski definition) is 4. The summed E-state index contributed by atoms with van der Waals surface area (Å²) in [5.74, 6) is -1.18. The predicted octanol–water partition coefficient (Wildman–Crippen LogP) is 4.18. The molecule has 0 radical (unpaired) electrons. The van der Waals surface area contributed by atoms with Gasteiger partial charge < -0.3 is 14.8 Å². The second-order valence-corrected chi connectivity index (χ2v) is 5.24. The van der Waals surface area contributed by atoms with E-state index in [1.54, 1.807) is 13.8 Å². The van der Waals surface area contributed by atoms with Crippen molar-refractivity contribution in [3.05, 3.63) is 28.8 Å². The number of rotatable bonds is 4. The van der Waals surface area contributed by atoms with E-state index in [0.29, 0.717) is 5.69 Å². The molecule has 0 spiro atoms. The van der Waals surface area contributed by atoms with E-state index in [0.717, 1.165) is 0 Å². The van der Waals surface area contributed by atoms with Crippen molar-refractivity contribution in [3.63, 3.8) is 0 Å². The molecule has 0 aromatic heterocycles. The van der Waals surface area contributed by atoms with Gasteiger partial charge in [-0.2, -0.15) is 13.2 Å². The van der Waals surface area contributed by atoms with Crippen molar-refractivity contribution in [2.45, 2.75) is 26.1 Å². The molecule has 1 aromatic rings. The maximum atomic E-state index is 12.0. The average Bonchev–Trinajstić information content (AvgIpc) is 2.36. The number of nitrogens with one attached hydrogen (secondary N) is 1. The minimum Gasteiger partial charge on any atom is -0.468 e. The van der Waals surface area contributed by atoms with Crippen LogP contribution in [0.3, 0.4) is 0 Å². The summed E-state index contributed by atoms with van der Waals surface area (Å²) in [7, 11) is 0. The number of benzene rings is 1. The quantitative estimate of drug-likeness (QED) is 0.648. The van der Waals surface area contributed by atoms with Gasteiger partial charge in [0.25, 0.3) is 5.17 Å². The highest BCUT2D eigenvalue weighted by molar-refractivity contribution is 7.80. The molecule has 0 atom stereocenters. The minimum absolute atomic E-state index is 0.0339. The van der Waals surface area contributed by atoms with Gasteiger partial charge in [0.2, 0.25) is 0 Å². The van der Waals surface area contributed by atoms with Gasteiger partial charge in [-0.15, -0.1) is 0 Å². The number of carbonyl (C=O) groups excluding carboxylic acids is 1. The van der Waals surface area contributed by atoms with Crippen molar-refractivity contribution in [2.24, 2.45) is 0 Å². The van der Waals surface area contributed by atoms with E-state index >= 15 is 0 Å². The molecule has 0 saturated heterocycles. The molecule has 0 saturated carbocycles. The maximum Gasteiger partial charge on any atom is 0.422 e. The van der Waals surface area contributed by atoms with Crippen molar-refractivity contribution in [1.82, 2.24) is 0 Å². The normalized spacial score (nSPS) is 11.2. The zero-order valence-electron chi connectivity index (χ0n) is 11.7. The van der Waals surface area contributed by atoms with Crippen LogP contribution in [0.5, 0.6) is 0 Å². The van der Waals surface area contributed by atoms with E-state index in [2.05, 4.69) is 10.1 Å². The van der Waals surface area contributed by atoms with E-state index in [-0.39, 0.29) is 21.9 Å². The molecule has 22 heavy (non-hydrogen) atoms. The minimum atomic E-state index is -4.61. The smallest absolute Gasteiger partial charge is 0.422 e. The Balaban J connectivity index is 2.81. The van der Waals surface area contributed by atoms with E-state index < -0.39 is 18.8 Å². The topological polar surface area (TPSA) is 47.6 Å². The predicted molar refractivity (Wildman–Crippen MR) is 80.2 cm³/mol. The van der Waals surface area contributed by atoms with E-state index in [4.69, 9.17) is 28.6 Å². The Kier molecular flexibility index (Phi) is 6.43. The summed E-state index contributed by atoms with van der Waals surface area (Å²) < 4.78 is 45.5. The Hall–Kier alpha value is -1.54. The molecule has 4 nitrogen and oxygen atoms in total. The number of ether oxygens (including phenoxy) is 2. The molecule has 122 valence electrons. The SMILES string of the molecule is CC(C)OC(=S)Nc1ccc(Cl)c(C(=O)OCC(F)(F)F)c1. The standard InChI is InChI=1S/C13H13ClF3NO3S/c1-7(2)21-12(22)18-8-3-4-10(14)9(5-8)11(19)20-6-13(15,16)17/h3-5,7H,6H2,1-2H3,(H,18,22). The fourth-order valence-corrected chi connectivity index (χ4v) is 1.85. The molecule has 0 amide bonds. The van der Waals surface area contributed by atoms with Crippen LogP contribution in [0.4, 0.5) is 18.9 Å². The Bertz CT molecular complexity index is 564. The first-order valence-corrected chi connectivity index (χ1v) is 6.88. The average molecular weight is 356 g/mol. The largest absolute Gasteiger partial charge is 0.468 e. The van der Waals surface area contributed by atoms with Crippen molar-refractivity contribution >= 4 is 40.7 Å². The fraction of sp³-hybridized carbons (Fsp3) is 0.385. The lowest BCUT2D eigenvalue weighted by molar-refractivity contribution is -0.161. The van der Waals surface area contributed by atoms with Crippen LogP contribution >= 0.6 is 23.8 Å². The molecule has 0 unspecified atom stereocenters. The number of carbonyl (C=O) groups is 1. The van der Waals surface area contributed by atoms with Crippen LogP contribution in [-0.2, 0) is 9.47 Å². The zero-order valence-corrected chi connectivity index (χ0v) is 13.2. The third-order valence-electron chi connectivity index (χ3n) is 2.14. The number of halogens is 4. The molecule has 0 aliphatic carbocycles. The fourth-order valence-electron chi connectivity index (χ4n) is 1.35. The lowest BCUT2D eigenvalue weighted by Gasteiger charge is -2.14. The first kappa shape index (κ1) is 18.5. The molecular formula is C13H13ClF3NO3S. The summed E-state index contributed by atoms with van der Waals surface area (Å²) in [4.78, 5) is 11.6. The molecular weight excluding hydrogens is 343 g/mol.